The lowest BCUT2D eigenvalue weighted by atomic mass is 10.1. The van der Waals surface area contributed by atoms with Crippen LogP contribution in [0.15, 0.2) is 54.6 Å². The van der Waals surface area contributed by atoms with Crippen molar-refractivity contribution in [3.8, 4) is 11.4 Å². The number of aryl methyl sites for hydroxylation is 1. The Morgan fingerprint density at radius 3 is 2.40 bits per heavy atom. The van der Waals surface area contributed by atoms with Crippen molar-refractivity contribution in [1.82, 2.24) is 14.8 Å². The number of rotatable bonds is 6. The zero-order valence-electron chi connectivity index (χ0n) is 18.0. The second-order valence-electron chi connectivity index (χ2n) is 7.26. The number of methoxy groups -OCH3 is 1. The van der Waals surface area contributed by atoms with E-state index in [0.717, 1.165) is 28.4 Å². The third kappa shape index (κ3) is 4.22. The lowest BCUT2D eigenvalue weighted by molar-refractivity contribution is 0.0784. The van der Waals surface area contributed by atoms with Gasteiger partial charge in [-0.15, -0.1) is 0 Å². The van der Waals surface area contributed by atoms with E-state index in [0.29, 0.717) is 17.7 Å². The first kappa shape index (κ1) is 21.2. The summed E-state index contributed by atoms with van der Waals surface area (Å²) in [7, 11) is 5.02. The summed E-state index contributed by atoms with van der Waals surface area (Å²) in [5.74, 6) is 0.591. The van der Waals surface area contributed by atoms with Crippen molar-refractivity contribution < 1.29 is 14.3 Å². The molecule has 1 N–H and O–H groups in total. The van der Waals surface area contributed by atoms with Gasteiger partial charge < -0.3 is 19.5 Å². The molecule has 0 aliphatic rings. The topological polar surface area (TPSA) is 63.6 Å². The Morgan fingerprint density at radius 1 is 1.07 bits per heavy atom. The molecule has 3 rings (SSSR count). The van der Waals surface area contributed by atoms with E-state index < -0.39 is 0 Å². The minimum atomic E-state index is -0.129. The Bertz CT molecular complexity index is 1070. The molecule has 6 nitrogen and oxygen atoms in total. The predicted octanol–water partition coefficient (Wildman–Crippen LogP) is 3.73. The summed E-state index contributed by atoms with van der Waals surface area (Å²) in [4.78, 5) is 26.5. The summed E-state index contributed by atoms with van der Waals surface area (Å²) in [5, 5.41) is 2.60. The molecule has 6 heteroatoms. The van der Waals surface area contributed by atoms with Crippen LogP contribution in [0.2, 0.25) is 0 Å². The second-order valence-corrected chi connectivity index (χ2v) is 7.26. The summed E-state index contributed by atoms with van der Waals surface area (Å²) < 4.78 is 7.39. The van der Waals surface area contributed by atoms with Gasteiger partial charge in [0, 0.05) is 49.3 Å². The lowest BCUT2D eigenvalue weighted by Crippen LogP contribution is -2.26. The highest BCUT2D eigenvalue weighted by atomic mass is 16.5. The van der Waals surface area contributed by atoms with Gasteiger partial charge in [-0.25, -0.2) is 0 Å². The SMILES string of the molecule is CNC(=O)c1ccc(CN(C)C(=O)c2cc(C)n(-c3cccc(OC)c3)c2C)cc1. The average Bonchev–Trinajstić information content (AvgIpc) is 3.06. The third-order valence-electron chi connectivity index (χ3n) is 5.18. The fourth-order valence-corrected chi connectivity index (χ4v) is 3.58. The Balaban J connectivity index is 1.82. The van der Waals surface area contributed by atoms with E-state index in [9.17, 15) is 9.59 Å². The minimum absolute atomic E-state index is 0.0485. The first-order chi connectivity index (χ1) is 14.3. The van der Waals surface area contributed by atoms with Crippen molar-refractivity contribution in [2.24, 2.45) is 0 Å². The first-order valence-corrected chi connectivity index (χ1v) is 9.75. The molecule has 0 aliphatic carbocycles. The predicted molar refractivity (Wildman–Crippen MR) is 117 cm³/mol. The fourth-order valence-electron chi connectivity index (χ4n) is 3.58. The van der Waals surface area contributed by atoms with E-state index in [-0.39, 0.29) is 11.8 Å². The summed E-state index contributed by atoms with van der Waals surface area (Å²) >= 11 is 0. The molecule has 0 bridgehead atoms. The van der Waals surface area contributed by atoms with E-state index in [2.05, 4.69) is 9.88 Å². The zero-order valence-corrected chi connectivity index (χ0v) is 18.0. The molecule has 30 heavy (non-hydrogen) atoms. The maximum absolute atomic E-state index is 13.1. The molecule has 0 aliphatic heterocycles. The van der Waals surface area contributed by atoms with Gasteiger partial charge in [-0.05, 0) is 49.7 Å². The fraction of sp³-hybridized carbons (Fsp3) is 0.250. The number of amides is 2. The van der Waals surface area contributed by atoms with Crippen LogP contribution in [0.4, 0.5) is 0 Å². The normalized spacial score (nSPS) is 10.6. The Hall–Kier alpha value is -3.54. The molecule has 0 saturated carbocycles. The zero-order chi connectivity index (χ0) is 21.8. The number of hydrogen-bond donors (Lipinski definition) is 1. The highest BCUT2D eigenvalue weighted by molar-refractivity contribution is 5.96. The number of ether oxygens (including phenoxy) is 1. The minimum Gasteiger partial charge on any atom is -0.497 e. The molecule has 1 aromatic heterocycles. The van der Waals surface area contributed by atoms with Gasteiger partial charge in [0.05, 0.1) is 12.7 Å². The molecule has 0 unspecified atom stereocenters. The van der Waals surface area contributed by atoms with Crippen molar-refractivity contribution in [2.45, 2.75) is 20.4 Å². The largest absolute Gasteiger partial charge is 0.497 e. The van der Waals surface area contributed by atoms with E-state index in [1.165, 1.54) is 0 Å². The van der Waals surface area contributed by atoms with Gasteiger partial charge >= 0.3 is 0 Å². The Labute approximate surface area is 177 Å². The quantitative estimate of drug-likeness (QED) is 0.680. The smallest absolute Gasteiger partial charge is 0.255 e. The van der Waals surface area contributed by atoms with Crippen LogP contribution in [0.3, 0.4) is 0 Å². The van der Waals surface area contributed by atoms with Crippen LogP contribution in [-0.4, -0.2) is 42.5 Å². The van der Waals surface area contributed by atoms with Crippen molar-refractivity contribution in [3.05, 3.63) is 82.7 Å². The van der Waals surface area contributed by atoms with E-state index >= 15 is 0 Å². The van der Waals surface area contributed by atoms with Gasteiger partial charge in [0.1, 0.15) is 5.75 Å². The summed E-state index contributed by atoms with van der Waals surface area (Å²) in [6.07, 6.45) is 0. The maximum Gasteiger partial charge on any atom is 0.255 e. The van der Waals surface area contributed by atoms with Crippen molar-refractivity contribution >= 4 is 11.8 Å². The molecule has 156 valence electrons. The molecule has 1 heterocycles. The van der Waals surface area contributed by atoms with Gasteiger partial charge in [0.25, 0.3) is 11.8 Å². The van der Waals surface area contributed by atoms with Crippen LogP contribution >= 0.6 is 0 Å². The van der Waals surface area contributed by atoms with E-state index in [4.69, 9.17) is 4.74 Å². The summed E-state index contributed by atoms with van der Waals surface area (Å²) in [6.45, 7) is 4.39. The van der Waals surface area contributed by atoms with Crippen LogP contribution in [0, 0.1) is 13.8 Å². The Morgan fingerprint density at radius 2 is 1.77 bits per heavy atom. The number of nitrogens with zero attached hydrogens (tertiary/aromatic N) is 2. The first-order valence-electron chi connectivity index (χ1n) is 9.75. The number of hydrogen-bond acceptors (Lipinski definition) is 3. The lowest BCUT2D eigenvalue weighted by Gasteiger charge is -2.18. The summed E-state index contributed by atoms with van der Waals surface area (Å²) in [6, 6.07) is 17.0. The second kappa shape index (κ2) is 8.86. The van der Waals surface area contributed by atoms with Gasteiger partial charge in [-0.1, -0.05) is 18.2 Å². The van der Waals surface area contributed by atoms with Gasteiger partial charge in [0.2, 0.25) is 0 Å². The number of benzene rings is 2. The van der Waals surface area contributed by atoms with Gasteiger partial charge in [-0.2, -0.15) is 0 Å². The Kier molecular flexibility index (Phi) is 6.26. The van der Waals surface area contributed by atoms with Crippen molar-refractivity contribution in [3.63, 3.8) is 0 Å². The van der Waals surface area contributed by atoms with Crippen molar-refractivity contribution in [2.75, 3.05) is 21.2 Å². The monoisotopic (exact) mass is 405 g/mol. The van der Waals surface area contributed by atoms with Crippen LogP contribution in [0.1, 0.15) is 37.7 Å². The average molecular weight is 405 g/mol. The maximum atomic E-state index is 13.1. The molecule has 0 spiro atoms. The standard InChI is InChI=1S/C24H27N3O3/c1-16-13-22(17(2)27(16)20-7-6-8-21(14-20)30-5)24(29)26(4)15-18-9-11-19(12-10-18)23(28)25-3/h6-14H,15H2,1-5H3,(H,25,28). The summed E-state index contributed by atoms with van der Waals surface area (Å²) in [5.41, 5.74) is 5.04. The van der Waals surface area contributed by atoms with E-state index in [1.54, 1.807) is 38.2 Å². The van der Waals surface area contributed by atoms with Crippen LogP contribution < -0.4 is 10.1 Å². The third-order valence-corrected chi connectivity index (χ3v) is 5.18. The van der Waals surface area contributed by atoms with Gasteiger partial charge in [0.15, 0.2) is 0 Å². The number of nitrogens with one attached hydrogen (secondary N) is 1. The molecule has 2 aromatic carbocycles. The molecule has 2 amide bonds. The van der Waals surface area contributed by atoms with Crippen LogP contribution in [-0.2, 0) is 6.54 Å². The number of carbonyl (C=O) groups excluding carboxylic acids is 2. The number of carbonyl (C=O) groups is 2. The molecule has 0 radical (unpaired) electrons. The highest BCUT2D eigenvalue weighted by Crippen LogP contribution is 2.24. The van der Waals surface area contributed by atoms with Crippen LogP contribution in [0.5, 0.6) is 5.75 Å². The molecule has 0 fully saturated rings. The highest BCUT2D eigenvalue weighted by Gasteiger charge is 2.20. The molecule has 0 saturated heterocycles. The van der Waals surface area contributed by atoms with Crippen molar-refractivity contribution in [1.29, 1.82) is 0 Å². The van der Waals surface area contributed by atoms with Crippen LogP contribution in [0.25, 0.3) is 5.69 Å². The molecule has 3 aromatic rings. The van der Waals surface area contributed by atoms with Gasteiger partial charge in [-0.3, -0.25) is 9.59 Å². The molecule has 0 atom stereocenters. The van der Waals surface area contributed by atoms with E-state index in [1.807, 2.05) is 56.3 Å². The molecular formula is C24H27N3O3. The number of aromatic nitrogens is 1. The molecular weight excluding hydrogens is 378 g/mol.